The summed E-state index contributed by atoms with van der Waals surface area (Å²) in [6.07, 6.45) is 0.429. The molecule has 0 heterocycles. The molecule has 30 heavy (non-hydrogen) atoms. The Morgan fingerprint density at radius 1 is 1.00 bits per heavy atom. The summed E-state index contributed by atoms with van der Waals surface area (Å²) in [6.45, 7) is 1.52. The van der Waals surface area contributed by atoms with E-state index < -0.39 is 36.4 Å². The number of hydrogen-bond donors (Lipinski definition) is 4. The van der Waals surface area contributed by atoms with Gasteiger partial charge in [0.25, 0.3) is 0 Å². The molecule has 2 aromatic rings. The zero-order valence-electron chi connectivity index (χ0n) is 15.9. The maximum atomic E-state index is 13.5. The number of anilines is 2. The Bertz CT molecular complexity index is 1000. The third kappa shape index (κ3) is 5.69. The minimum atomic E-state index is -0.778. The SMILES string of the molecule is Cc1c(N)c(Br)cc(F)c1C(=O)CO.Cc1c(NC=O)c(Br)cc(F)c1C(=O)CO. The summed E-state index contributed by atoms with van der Waals surface area (Å²) in [7, 11) is 0. The van der Waals surface area contributed by atoms with Crippen molar-refractivity contribution in [3.63, 3.8) is 0 Å². The summed E-state index contributed by atoms with van der Waals surface area (Å²) in [4.78, 5) is 32.8. The largest absolute Gasteiger partial charge is 0.398 e. The number of nitrogens with one attached hydrogen (secondary N) is 1. The van der Waals surface area contributed by atoms with Crippen molar-refractivity contribution in [2.75, 3.05) is 24.3 Å². The van der Waals surface area contributed by atoms with Crippen molar-refractivity contribution in [3.8, 4) is 0 Å². The average molecular weight is 552 g/mol. The number of aliphatic hydroxyl groups excluding tert-OH is 2. The standard InChI is InChI=1S/C10H9BrFNO3.C9H9BrFNO2/c1-5-9(8(16)3-14)7(12)2-6(11)10(5)13-4-15;1-4-8(7(14)3-13)6(11)2-5(10)9(4)12/h2,4,14H,3H2,1H3,(H,13,15);2,13H,3,12H2,1H3. The summed E-state index contributed by atoms with van der Waals surface area (Å²) >= 11 is 6.13. The maximum absolute atomic E-state index is 13.5. The quantitative estimate of drug-likeness (QED) is 0.248. The molecule has 0 saturated carbocycles. The Hall–Kier alpha value is -2.21. The molecule has 1 amide bonds. The van der Waals surface area contributed by atoms with Crippen LogP contribution in [0.2, 0.25) is 0 Å². The molecule has 0 unspecified atom stereocenters. The molecule has 0 bridgehead atoms. The lowest BCUT2D eigenvalue weighted by atomic mass is 10.0. The highest BCUT2D eigenvalue weighted by Gasteiger charge is 2.19. The molecule has 0 atom stereocenters. The molecular weight excluding hydrogens is 534 g/mol. The molecular formula is C19H18Br2F2N2O5. The summed E-state index contributed by atoms with van der Waals surface area (Å²) in [6, 6.07) is 2.19. The number of Topliss-reactive ketones (excluding diaryl/α,β-unsaturated/α-hetero) is 2. The van der Waals surface area contributed by atoms with E-state index in [2.05, 4.69) is 37.2 Å². The minimum Gasteiger partial charge on any atom is -0.398 e. The van der Waals surface area contributed by atoms with Crippen LogP contribution < -0.4 is 11.1 Å². The molecule has 7 nitrogen and oxygen atoms in total. The van der Waals surface area contributed by atoms with Crippen molar-refractivity contribution in [1.29, 1.82) is 0 Å². The number of carbonyl (C=O) groups is 3. The molecule has 0 aromatic heterocycles. The van der Waals surface area contributed by atoms with Gasteiger partial charge in [0.2, 0.25) is 6.41 Å². The highest BCUT2D eigenvalue weighted by molar-refractivity contribution is 9.11. The van der Waals surface area contributed by atoms with E-state index in [4.69, 9.17) is 15.9 Å². The number of rotatable bonds is 6. The normalized spacial score (nSPS) is 10.1. The second-order valence-electron chi connectivity index (χ2n) is 5.89. The van der Waals surface area contributed by atoms with Crippen LogP contribution in [0.3, 0.4) is 0 Å². The second-order valence-corrected chi connectivity index (χ2v) is 7.60. The van der Waals surface area contributed by atoms with Crippen LogP contribution in [-0.4, -0.2) is 41.4 Å². The Morgan fingerprint density at radius 2 is 1.43 bits per heavy atom. The van der Waals surface area contributed by atoms with Gasteiger partial charge in [0.1, 0.15) is 24.8 Å². The molecule has 0 fully saturated rings. The number of carbonyl (C=O) groups excluding carboxylic acids is 3. The molecule has 0 aliphatic carbocycles. The zero-order valence-corrected chi connectivity index (χ0v) is 19.0. The van der Waals surface area contributed by atoms with Crippen molar-refractivity contribution in [2.45, 2.75) is 13.8 Å². The van der Waals surface area contributed by atoms with Crippen LogP contribution >= 0.6 is 31.9 Å². The molecule has 2 aromatic carbocycles. The third-order valence-corrected chi connectivity index (χ3v) is 5.34. The third-order valence-electron chi connectivity index (χ3n) is 4.06. The number of amides is 1. The molecule has 11 heteroatoms. The van der Waals surface area contributed by atoms with Gasteiger partial charge in [0, 0.05) is 14.6 Å². The van der Waals surface area contributed by atoms with Gasteiger partial charge in [-0.3, -0.25) is 14.4 Å². The van der Waals surface area contributed by atoms with Gasteiger partial charge in [-0.1, -0.05) is 0 Å². The topological polar surface area (TPSA) is 130 Å². The van der Waals surface area contributed by atoms with Crippen molar-refractivity contribution in [1.82, 2.24) is 0 Å². The van der Waals surface area contributed by atoms with Gasteiger partial charge < -0.3 is 21.3 Å². The van der Waals surface area contributed by atoms with Crippen LogP contribution in [0.25, 0.3) is 0 Å². The molecule has 0 aliphatic heterocycles. The lowest BCUT2D eigenvalue weighted by molar-refractivity contribution is -0.105. The van der Waals surface area contributed by atoms with Gasteiger partial charge in [-0.05, 0) is 69.0 Å². The van der Waals surface area contributed by atoms with E-state index in [1.165, 1.54) is 13.8 Å². The van der Waals surface area contributed by atoms with Gasteiger partial charge in [0.05, 0.1) is 16.8 Å². The van der Waals surface area contributed by atoms with Gasteiger partial charge in [-0.2, -0.15) is 0 Å². The highest BCUT2D eigenvalue weighted by Crippen LogP contribution is 2.31. The summed E-state index contributed by atoms with van der Waals surface area (Å²) in [5.74, 6) is -2.81. The fraction of sp³-hybridized carbons (Fsp3) is 0.211. The molecule has 0 spiro atoms. The first-order chi connectivity index (χ1) is 14.0. The Kier molecular flexibility index (Phi) is 9.69. The average Bonchev–Trinajstić information content (AvgIpc) is 2.69. The Labute approximate surface area is 187 Å². The molecule has 5 N–H and O–H groups in total. The molecule has 0 radical (unpaired) electrons. The zero-order chi connectivity index (χ0) is 23.2. The molecule has 0 saturated heterocycles. The van der Waals surface area contributed by atoms with E-state index in [0.717, 1.165) is 12.1 Å². The second kappa shape index (κ2) is 11.3. The number of halogens is 4. The fourth-order valence-corrected chi connectivity index (χ4v) is 3.68. The number of hydrogen-bond acceptors (Lipinski definition) is 6. The van der Waals surface area contributed by atoms with E-state index in [-0.39, 0.29) is 16.7 Å². The number of benzene rings is 2. The Balaban J connectivity index is 0.000000303. The summed E-state index contributed by atoms with van der Waals surface area (Å²) < 4.78 is 27.5. The van der Waals surface area contributed by atoms with E-state index in [0.29, 0.717) is 32.3 Å². The van der Waals surface area contributed by atoms with Gasteiger partial charge in [-0.25, -0.2) is 8.78 Å². The van der Waals surface area contributed by atoms with Crippen molar-refractivity contribution in [3.05, 3.63) is 55.0 Å². The van der Waals surface area contributed by atoms with Gasteiger partial charge in [-0.15, -0.1) is 0 Å². The summed E-state index contributed by atoms with van der Waals surface area (Å²) in [5.41, 5.74) is 6.48. The first-order valence-electron chi connectivity index (χ1n) is 8.22. The number of nitrogen functional groups attached to an aromatic ring is 1. The summed E-state index contributed by atoms with van der Waals surface area (Å²) in [5, 5.41) is 19.7. The fourth-order valence-electron chi connectivity index (χ4n) is 2.57. The first kappa shape index (κ1) is 25.8. The molecule has 0 aliphatic rings. The van der Waals surface area contributed by atoms with Crippen molar-refractivity contribution < 1.29 is 33.4 Å². The maximum Gasteiger partial charge on any atom is 0.211 e. The lowest BCUT2D eigenvalue weighted by Crippen LogP contribution is -2.12. The predicted molar refractivity (Wildman–Crippen MR) is 115 cm³/mol. The number of ketones is 2. The Morgan fingerprint density at radius 3 is 1.87 bits per heavy atom. The van der Waals surface area contributed by atoms with E-state index in [9.17, 15) is 23.2 Å². The highest BCUT2D eigenvalue weighted by atomic mass is 79.9. The first-order valence-corrected chi connectivity index (χ1v) is 9.81. The number of aliphatic hydroxyl groups is 2. The van der Waals surface area contributed by atoms with Crippen LogP contribution in [0.5, 0.6) is 0 Å². The van der Waals surface area contributed by atoms with Crippen LogP contribution in [-0.2, 0) is 4.79 Å². The molecule has 162 valence electrons. The van der Waals surface area contributed by atoms with Crippen LogP contribution in [0.15, 0.2) is 21.1 Å². The van der Waals surface area contributed by atoms with Crippen LogP contribution in [0, 0.1) is 25.5 Å². The van der Waals surface area contributed by atoms with Gasteiger partial charge in [0.15, 0.2) is 11.6 Å². The van der Waals surface area contributed by atoms with Gasteiger partial charge >= 0.3 is 0 Å². The van der Waals surface area contributed by atoms with Crippen molar-refractivity contribution in [2.24, 2.45) is 0 Å². The predicted octanol–water partition coefficient (Wildman–Crippen LogP) is 3.29. The van der Waals surface area contributed by atoms with E-state index in [1.54, 1.807) is 0 Å². The lowest BCUT2D eigenvalue weighted by Gasteiger charge is -2.12. The van der Waals surface area contributed by atoms with Crippen molar-refractivity contribution >= 4 is 61.2 Å². The minimum absolute atomic E-state index is 0.145. The van der Waals surface area contributed by atoms with E-state index in [1.807, 2.05) is 0 Å². The monoisotopic (exact) mass is 550 g/mol. The van der Waals surface area contributed by atoms with E-state index >= 15 is 0 Å². The van der Waals surface area contributed by atoms with Crippen LogP contribution in [0.4, 0.5) is 20.2 Å². The molecule has 2 rings (SSSR count). The smallest absolute Gasteiger partial charge is 0.211 e. The number of nitrogens with two attached hydrogens (primary N) is 1. The van der Waals surface area contributed by atoms with Crippen LogP contribution in [0.1, 0.15) is 31.8 Å².